The molecular formula is C15H15NO3S. The molecule has 20 heavy (non-hydrogen) atoms. The fourth-order valence-electron chi connectivity index (χ4n) is 1.85. The first-order valence-electron chi connectivity index (χ1n) is 6.11. The van der Waals surface area contributed by atoms with Gasteiger partial charge in [-0.1, -0.05) is 0 Å². The summed E-state index contributed by atoms with van der Waals surface area (Å²) in [6, 6.07) is 10.0. The Morgan fingerprint density at radius 2 is 1.70 bits per heavy atom. The molecule has 0 saturated heterocycles. The van der Waals surface area contributed by atoms with Gasteiger partial charge in [-0.15, -0.1) is 11.3 Å². The number of benzene rings is 1. The molecule has 1 amide bonds. The van der Waals surface area contributed by atoms with E-state index >= 15 is 0 Å². The quantitative estimate of drug-likeness (QED) is 0.941. The number of carbonyl (C=O) groups is 2. The molecule has 0 spiro atoms. The Morgan fingerprint density at radius 3 is 2.20 bits per heavy atom. The second-order valence-corrected chi connectivity index (χ2v) is 5.93. The molecule has 2 rings (SSSR count). The molecule has 0 atom stereocenters. The molecule has 104 valence electrons. The van der Waals surface area contributed by atoms with Gasteiger partial charge in [0, 0.05) is 22.4 Å². The van der Waals surface area contributed by atoms with Crippen molar-refractivity contribution >= 4 is 23.2 Å². The number of rotatable bonds is 4. The van der Waals surface area contributed by atoms with Gasteiger partial charge in [0.2, 0.25) is 0 Å². The fourth-order valence-corrected chi connectivity index (χ4v) is 2.80. The SMILES string of the molecule is Cc1ccc(CN(C)C(=O)c2ccc(C(=O)O)cc2)s1. The van der Waals surface area contributed by atoms with Gasteiger partial charge < -0.3 is 10.0 Å². The predicted octanol–water partition coefficient (Wildman–Crippen LogP) is 3.03. The van der Waals surface area contributed by atoms with Crippen LogP contribution in [-0.4, -0.2) is 28.9 Å². The molecular weight excluding hydrogens is 274 g/mol. The van der Waals surface area contributed by atoms with Crippen LogP contribution in [0.4, 0.5) is 0 Å². The van der Waals surface area contributed by atoms with E-state index in [-0.39, 0.29) is 11.5 Å². The second-order valence-electron chi connectivity index (χ2n) is 4.56. The number of nitrogens with zero attached hydrogens (tertiary/aromatic N) is 1. The summed E-state index contributed by atoms with van der Waals surface area (Å²) in [4.78, 5) is 27.0. The Kier molecular flexibility index (Phi) is 4.20. The van der Waals surface area contributed by atoms with Crippen LogP contribution < -0.4 is 0 Å². The molecule has 0 aliphatic rings. The Hall–Kier alpha value is -2.14. The van der Waals surface area contributed by atoms with Gasteiger partial charge in [-0.2, -0.15) is 0 Å². The molecule has 1 aromatic carbocycles. The van der Waals surface area contributed by atoms with Crippen LogP contribution in [0.2, 0.25) is 0 Å². The molecule has 1 aromatic heterocycles. The van der Waals surface area contributed by atoms with Crippen molar-refractivity contribution in [2.24, 2.45) is 0 Å². The monoisotopic (exact) mass is 289 g/mol. The molecule has 0 radical (unpaired) electrons. The summed E-state index contributed by atoms with van der Waals surface area (Å²) in [7, 11) is 1.74. The van der Waals surface area contributed by atoms with E-state index in [4.69, 9.17) is 5.11 Å². The van der Waals surface area contributed by atoms with Gasteiger partial charge in [0.25, 0.3) is 5.91 Å². The zero-order chi connectivity index (χ0) is 14.7. The van der Waals surface area contributed by atoms with Crippen LogP contribution in [0.5, 0.6) is 0 Å². The lowest BCUT2D eigenvalue weighted by Gasteiger charge is -2.16. The third-order valence-electron chi connectivity index (χ3n) is 2.91. The number of thiophene rings is 1. The lowest BCUT2D eigenvalue weighted by atomic mass is 10.1. The Morgan fingerprint density at radius 1 is 1.10 bits per heavy atom. The first-order chi connectivity index (χ1) is 9.47. The van der Waals surface area contributed by atoms with Gasteiger partial charge in [-0.05, 0) is 43.3 Å². The number of aromatic carboxylic acids is 1. The summed E-state index contributed by atoms with van der Waals surface area (Å²) < 4.78 is 0. The van der Waals surface area contributed by atoms with Crippen molar-refractivity contribution < 1.29 is 14.7 Å². The Labute approximate surface area is 121 Å². The van der Waals surface area contributed by atoms with Gasteiger partial charge in [0.1, 0.15) is 0 Å². The maximum atomic E-state index is 12.2. The smallest absolute Gasteiger partial charge is 0.335 e. The minimum atomic E-state index is -0.994. The van der Waals surface area contributed by atoms with Gasteiger partial charge in [0.05, 0.1) is 12.1 Å². The number of amides is 1. The topological polar surface area (TPSA) is 57.6 Å². The standard InChI is InChI=1S/C15H15NO3S/c1-10-3-8-13(20-10)9-16(2)14(17)11-4-6-12(7-5-11)15(18)19/h3-8H,9H2,1-2H3,(H,18,19). The first kappa shape index (κ1) is 14.3. The summed E-state index contributed by atoms with van der Waals surface area (Å²) in [6.07, 6.45) is 0. The van der Waals surface area contributed by atoms with E-state index in [9.17, 15) is 9.59 Å². The lowest BCUT2D eigenvalue weighted by Crippen LogP contribution is -2.25. The zero-order valence-corrected chi connectivity index (χ0v) is 12.1. The molecule has 0 aliphatic carbocycles. The van der Waals surface area contributed by atoms with E-state index in [1.54, 1.807) is 35.4 Å². The van der Waals surface area contributed by atoms with Crippen LogP contribution in [0, 0.1) is 6.92 Å². The molecule has 0 unspecified atom stereocenters. The maximum absolute atomic E-state index is 12.2. The highest BCUT2D eigenvalue weighted by molar-refractivity contribution is 7.11. The normalized spacial score (nSPS) is 10.3. The van der Waals surface area contributed by atoms with Crippen molar-refractivity contribution in [2.45, 2.75) is 13.5 Å². The van der Waals surface area contributed by atoms with Crippen LogP contribution in [0.1, 0.15) is 30.5 Å². The predicted molar refractivity (Wildman–Crippen MR) is 78.3 cm³/mol. The van der Waals surface area contributed by atoms with E-state index in [1.165, 1.54) is 17.0 Å². The van der Waals surface area contributed by atoms with Crippen LogP contribution in [-0.2, 0) is 6.54 Å². The summed E-state index contributed by atoms with van der Waals surface area (Å²) in [5.74, 6) is -1.11. The van der Waals surface area contributed by atoms with Gasteiger partial charge in [0.15, 0.2) is 0 Å². The number of hydrogen-bond acceptors (Lipinski definition) is 3. The van der Waals surface area contributed by atoms with E-state index in [0.717, 1.165) is 4.88 Å². The minimum absolute atomic E-state index is 0.118. The van der Waals surface area contributed by atoms with E-state index in [0.29, 0.717) is 12.1 Å². The minimum Gasteiger partial charge on any atom is -0.478 e. The summed E-state index contributed by atoms with van der Waals surface area (Å²) >= 11 is 1.66. The molecule has 4 nitrogen and oxygen atoms in total. The molecule has 1 heterocycles. The molecule has 0 saturated carbocycles. The van der Waals surface area contributed by atoms with Gasteiger partial charge >= 0.3 is 5.97 Å². The van der Waals surface area contributed by atoms with Crippen LogP contribution in [0.3, 0.4) is 0 Å². The highest BCUT2D eigenvalue weighted by Crippen LogP contribution is 2.17. The van der Waals surface area contributed by atoms with E-state index in [1.807, 2.05) is 19.1 Å². The summed E-state index contributed by atoms with van der Waals surface area (Å²) in [5.41, 5.74) is 0.670. The molecule has 0 aliphatic heterocycles. The number of carbonyl (C=O) groups excluding carboxylic acids is 1. The highest BCUT2D eigenvalue weighted by Gasteiger charge is 2.13. The first-order valence-corrected chi connectivity index (χ1v) is 6.93. The molecule has 1 N–H and O–H groups in total. The third-order valence-corrected chi connectivity index (χ3v) is 3.90. The van der Waals surface area contributed by atoms with Crippen molar-refractivity contribution in [3.05, 3.63) is 57.3 Å². The average molecular weight is 289 g/mol. The molecule has 0 bridgehead atoms. The summed E-state index contributed by atoms with van der Waals surface area (Å²) in [6.45, 7) is 2.58. The summed E-state index contributed by atoms with van der Waals surface area (Å²) in [5, 5.41) is 8.83. The number of carboxylic acid groups (broad SMARTS) is 1. The second kappa shape index (κ2) is 5.88. The Bertz CT molecular complexity index is 631. The van der Waals surface area contributed by atoms with E-state index < -0.39 is 5.97 Å². The van der Waals surface area contributed by atoms with Crippen molar-refractivity contribution in [3.63, 3.8) is 0 Å². The maximum Gasteiger partial charge on any atom is 0.335 e. The van der Waals surface area contributed by atoms with Crippen molar-refractivity contribution in [1.29, 1.82) is 0 Å². The third kappa shape index (κ3) is 3.24. The Balaban J connectivity index is 2.08. The van der Waals surface area contributed by atoms with Crippen molar-refractivity contribution in [2.75, 3.05) is 7.05 Å². The van der Waals surface area contributed by atoms with Crippen LogP contribution >= 0.6 is 11.3 Å². The number of carboxylic acids is 1. The van der Waals surface area contributed by atoms with Crippen LogP contribution in [0.25, 0.3) is 0 Å². The highest BCUT2D eigenvalue weighted by atomic mass is 32.1. The van der Waals surface area contributed by atoms with Crippen molar-refractivity contribution in [1.82, 2.24) is 4.90 Å². The largest absolute Gasteiger partial charge is 0.478 e. The van der Waals surface area contributed by atoms with Crippen LogP contribution in [0.15, 0.2) is 36.4 Å². The van der Waals surface area contributed by atoms with Gasteiger partial charge in [-0.25, -0.2) is 4.79 Å². The zero-order valence-electron chi connectivity index (χ0n) is 11.3. The van der Waals surface area contributed by atoms with Crippen molar-refractivity contribution in [3.8, 4) is 0 Å². The van der Waals surface area contributed by atoms with Gasteiger partial charge in [-0.3, -0.25) is 4.79 Å². The molecule has 0 fully saturated rings. The molecule has 2 aromatic rings. The molecule has 5 heteroatoms. The number of hydrogen-bond donors (Lipinski definition) is 1. The lowest BCUT2D eigenvalue weighted by molar-refractivity contribution is 0.0695. The fraction of sp³-hybridized carbons (Fsp3) is 0.200. The average Bonchev–Trinajstić information content (AvgIpc) is 2.83. The van der Waals surface area contributed by atoms with E-state index in [2.05, 4.69) is 0 Å². The number of aryl methyl sites for hydroxylation is 1.